The second-order valence-electron chi connectivity index (χ2n) is 5.67. The van der Waals surface area contributed by atoms with Crippen LogP contribution in [0.15, 0.2) is 76.2 Å². The Morgan fingerprint density at radius 3 is 2.73 bits per heavy atom. The van der Waals surface area contributed by atoms with Gasteiger partial charge in [-0.25, -0.2) is 4.98 Å². The lowest BCUT2D eigenvalue weighted by molar-refractivity contribution is 0.0983. The monoisotopic (exact) mass is 380 g/mol. The third kappa shape index (κ3) is 3.38. The van der Waals surface area contributed by atoms with E-state index >= 15 is 0 Å². The smallest absolute Gasteiger partial charge is 0.260 e. The number of fused-ring (bicyclic) bond motifs is 1. The zero-order valence-electron chi connectivity index (χ0n) is 14.1. The van der Waals surface area contributed by atoms with Crippen LogP contribution in [0.5, 0.6) is 0 Å². The molecule has 1 amide bonds. The average Bonchev–Trinajstić information content (AvgIpc) is 3.34. The third-order valence-corrected chi connectivity index (χ3v) is 5.74. The number of anilines is 1. The SMILES string of the molecule is CSc1ccc2nc(N(Cc3ccco3)C(=O)c3ccccc3)sc2c1. The number of thioether (sulfide) groups is 1. The number of hydrogen-bond acceptors (Lipinski definition) is 5. The molecule has 0 atom stereocenters. The van der Waals surface area contributed by atoms with Gasteiger partial charge in [-0.3, -0.25) is 9.69 Å². The van der Waals surface area contributed by atoms with Gasteiger partial charge in [0.1, 0.15) is 5.76 Å². The van der Waals surface area contributed by atoms with E-state index in [4.69, 9.17) is 4.42 Å². The molecule has 2 aromatic carbocycles. The van der Waals surface area contributed by atoms with Gasteiger partial charge in [0.2, 0.25) is 0 Å². The van der Waals surface area contributed by atoms with Gasteiger partial charge in [0.15, 0.2) is 5.13 Å². The standard InChI is InChI=1S/C20H16N2O2S2/c1-25-16-9-10-17-18(12-16)26-20(21-17)22(13-15-8-5-11-24-15)19(23)14-6-3-2-4-7-14/h2-12H,13H2,1H3. The maximum atomic E-state index is 13.1. The molecule has 0 saturated carbocycles. The Morgan fingerprint density at radius 1 is 1.15 bits per heavy atom. The number of nitrogens with zero attached hydrogens (tertiary/aromatic N) is 2. The summed E-state index contributed by atoms with van der Waals surface area (Å²) in [5.74, 6) is 0.629. The normalized spacial score (nSPS) is 11.0. The van der Waals surface area contributed by atoms with Crippen molar-refractivity contribution in [2.24, 2.45) is 0 Å². The van der Waals surface area contributed by atoms with Crippen LogP contribution in [-0.2, 0) is 6.54 Å². The predicted molar refractivity (Wildman–Crippen MR) is 107 cm³/mol. The first-order valence-electron chi connectivity index (χ1n) is 8.08. The Labute approximate surface area is 159 Å². The summed E-state index contributed by atoms with van der Waals surface area (Å²) in [7, 11) is 0. The molecule has 26 heavy (non-hydrogen) atoms. The number of aromatic nitrogens is 1. The summed E-state index contributed by atoms with van der Waals surface area (Å²) in [5.41, 5.74) is 1.52. The molecule has 2 aromatic heterocycles. The molecule has 0 aliphatic rings. The molecule has 4 aromatic rings. The minimum atomic E-state index is -0.0915. The summed E-state index contributed by atoms with van der Waals surface area (Å²) in [6.45, 7) is 0.343. The summed E-state index contributed by atoms with van der Waals surface area (Å²) in [4.78, 5) is 20.7. The molecule has 0 radical (unpaired) electrons. The molecule has 0 aliphatic carbocycles. The first-order valence-corrected chi connectivity index (χ1v) is 10.1. The maximum Gasteiger partial charge on any atom is 0.260 e. The number of carbonyl (C=O) groups excluding carboxylic acids is 1. The van der Waals surface area contributed by atoms with Crippen LogP contribution < -0.4 is 4.90 Å². The Kier molecular flexibility index (Phi) is 4.77. The molecule has 0 bridgehead atoms. The van der Waals surface area contributed by atoms with Gasteiger partial charge in [0.25, 0.3) is 5.91 Å². The Morgan fingerprint density at radius 2 is 2.00 bits per heavy atom. The summed E-state index contributed by atoms with van der Waals surface area (Å²) >= 11 is 3.21. The average molecular weight is 380 g/mol. The number of hydrogen-bond donors (Lipinski definition) is 0. The molecule has 4 nitrogen and oxygen atoms in total. The number of amides is 1. The van der Waals surface area contributed by atoms with E-state index in [2.05, 4.69) is 11.1 Å². The van der Waals surface area contributed by atoms with Crippen molar-refractivity contribution in [1.82, 2.24) is 4.98 Å². The van der Waals surface area contributed by atoms with E-state index in [9.17, 15) is 4.79 Å². The molecule has 0 aliphatic heterocycles. The maximum absolute atomic E-state index is 13.1. The van der Waals surface area contributed by atoms with Crippen LogP contribution in [0, 0.1) is 0 Å². The molecular weight excluding hydrogens is 364 g/mol. The highest BCUT2D eigenvalue weighted by atomic mass is 32.2. The van der Waals surface area contributed by atoms with Crippen LogP contribution in [0.1, 0.15) is 16.1 Å². The van der Waals surface area contributed by atoms with E-state index in [0.717, 1.165) is 16.0 Å². The first-order chi connectivity index (χ1) is 12.7. The van der Waals surface area contributed by atoms with E-state index in [1.165, 1.54) is 16.2 Å². The van der Waals surface area contributed by atoms with Gasteiger partial charge in [-0.2, -0.15) is 0 Å². The highest BCUT2D eigenvalue weighted by Gasteiger charge is 2.22. The summed E-state index contributed by atoms with van der Waals surface area (Å²) in [6.07, 6.45) is 3.66. The lowest BCUT2D eigenvalue weighted by Gasteiger charge is -2.18. The van der Waals surface area contributed by atoms with E-state index in [1.54, 1.807) is 22.9 Å². The molecule has 0 saturated heterocycles. The number of benzene rings is 2. The second-order valence-corrected chi connectivity index (χ2v) is 7.56. The van der Waals surface area contributed by atoms with Gasteiger partial charge in [-0.15, -0.1) is 11.8 Å². The summed E-state index contributed by atoms with van der Waals surface area (Å²) in [6, 6.07) is 19.1. The second kappa shape index (κ2) is 7.35. The van der Waals surface area contributed by atoms with Crippen LogP contribution >= 0.6 is 23.1 Å². The highest BCUT2D eigenvalue weighted by molar-refractivity contribution is 7.98. The van der Waals surface area contributed by atoms with E-state index in [1.807, 2.05) is 60.9 Å². The quantitative estimate of drug-likeness (QED) is 0.431. The Hall–Kier alpha value is -2.57. The van der Waals surface area contributed by atoms with Crippen LogP contribution in [0.4, 0.5) is 5.13 Å². The molecule has 0 spiro atoms. The topological polar surface area (TPSA) is 46.3 Å². The molecule has 0 unspecified atom stereocenters. The largest absolute Gasteiger partial charge is 0.467 e. The highest BCUT2D eigenvalue weighted by Crippen LogP contribution is 2.33. The molecule has 6 heteroatoms. The fourth-order valence-electron chi connectivity index (χ4n) is 2.66. The van der Waals surface area contributed by atoms with E-state index in [-0.39, 0.29) is 5.91 Å². The molecule has 4 rings (SSSR count). The van der Waals surface area contributed by atoms with Gasteiger partial charge >= 0.3 is 0 Å². The first kappa shape index (κ1) is 16.9. The third-order valence-electron chi connectivity index (χ3n) is 3.98. The van der Waals surface area contributed by atoms with Gasteiger partial charge < -0.3 is 4.42 Å². The van der Waals surface area contributed by atoms with Crippen LogP contribution in [0.3, 0.4) is 0 Å². The van der Waals surface area contributed by atoms with Crippen LogP contribution in [0.2, 0.25) is 0 Å². The zero-order valence-corrected chi connectivity index (χ0v) is 15.7. The fraction of sp³-hybridized carbons (Fsp3) is 0.100. The lowest BCUT2D eigenvalue weighted by atomic mass is 10.2. The fourth-order valence-corrected chi connectivity index (χ4v) is 4.17. The van der Waals surface area contributed by atoms with Crippen molar-refractivity contribution in [1.29, 1.82) is 0 Å². The van der Waals surface area contributed by atoms with Gasteiger partial charge in [0, 0.05) is 10.5 Å². The number of thiazole rings is 1. The number of rotatable bonds is 5. The minimum Gasteiger partial charge on any atom is -0.467 e. The van der Waals surface area contributed by atoms with Crippen molar-refractivity contribution in [2.75, 3.05) is 11.2 Å². The van der Waals surface area contributed by atoms with Gasteiger partial charge in [-0.1, -0.05) is 29.5 Å². The van der Waals surface area contributed by atoms with E-state index < -0.39 is 0 Å². The summed E-state index contributed by atoms with van der Waals surface area (Å²) < 4.78 is 6.53. The molecular formula is C20H16N2O2S2. The van der Waals surface area contributed by atoms with Crippen molar-refractivity contribution in [3.05, 3.63) is 78.3 Å². The van der Waals surface area contributed by atoms with Crippen molar-refractivity contribution >= 4 is 44.4 Å². The van der Waals surface area contributed by atoms with Crippen molar-refractivity contribution in [2.45, 2.75) is 11.4 Å². The lowest BCUT2D eigenvalue weighted by Crippen LogP contribution is -2.30. The van der Waals surface area contributed by atoms with Gasteiger partial charge in [0.05, 0.1) is 23.0 Å². The van der Waals surface area contributed by atoms with Crippen LogP contribution in [0.25, 0.3) is 10.2 Å². The summed E-state index contributed by atoms with van der Waals surface area (Å²) in [5, 5.41) is 0.670. The van der Waals surface area contributed by atoms with Crippen molar-refractivity contribution in [3.8, 4) is 0 Å². The van der Waals surface area contributed by atoms with E-state index in [0.29, 0.717) is 17.2 Å². The zero-order chi connectivity index (χ0) is 17.9. The Bertz CT molecular complexity index is 1030. The molecule has 0 fully saturated rings. The Balaban J connectivity index is 1.75. The predicted octanol–water partition coefficient (Wildman–Crippen LogP) is 5.46. The van der Waals surface area contributed by atoms with Crippen molar-refractivity contribution < 1.29 is 9.21 Å². The van der Waals surface area contributed by atoms with Crippen molar-refractivity contribution in [3.63, 3.8) is 0 Å². The van der Waals surface area contributed by atoms with Gasteiger partial charge in [-0.05, 0) is 48.7 Å². The molecule has 130 valence electrons. The number of furan rings is 1. The minimum absolute atomic E-state index is 0.0915. The molecule has 2 heterocycles. The van der Waals surface area contributed by atoms with Crippen LogP contribution in [-0.4, -0.2) is 17.1 Å². The molecule has 0 N–H and O–H groups in total. The number of carbonyl (C=O) groups is 1.